The SMILES string of the molecule is COc1cc(O)c(C2C3=CCC4C(=O)N(Cc5ccccc5)C(=O)C4C3CC3=C2C(=O)C=C(C)C3=O)c(OC)c1. The Morgan fingerprint density at radius 1 is 0.975 bits per heavy atom. The lowest BCUT2D eigenvalue weighted by molar-refractivity contribution is -0.140. The van der Waals surface area contributed by atoms with E-state index in [0.29, 0.717) is 34.6 Å². The maximum Gasteiger partial charge on any atom is 0.234 e. The molecule has 3 aliphatic carbocycles. The minimum Gasteiger partial charge on any atom is -0.507 e. The molecule has 2 aromatic rings. The molecule has 0 aromatic heterocycles. The summed E-state index contributed by atoms with van der Waals surface area (Å²) in [5, 5.41) is 11.2. The van der Waals surface area contributed by atoms with Crippen LogP contribution in [0.25, 0.3) is 0 Å². The molecule has 1 aliphatic heterocycles. The first-order chi connectivity index (χ1) is 19.2. The molecule has 0 bridgehead atoms. The smallest absolute Gasteiger partial charge is 0.234 e. The Hall–Kier alpha value is -4.46. The van der Waals surface area contributed by atoms with Gasteiger partial charge in [0, 0.05) is 40.3 Å². The number of aromatic hydroxyl groups is 1. The van der Waals surface area contributed by atoms with Crippen molar-refractivity contribution in [2.24, 2.45) is 17.8 Å². The first-order valence-corrected chi connectivity index (χ1v) is 13.3. The highest BCUT2D eigenvalue weighted by Gasteiger charge is 2.56. The van der Waals surface area contributed by atoms with Crippen molar-refractivity contribution in [2.45, 2.75) is 32.2 Å². The number of carbonyl (C=O) groups excluding carboxylic acids is 4. The van der Waals surface area contributed by atoms with Gasteiger partial charge in [-0.3, -0.25) is 24.1 Å². The molecule has 204 valence electrons. The zero-order valence-electron chi connectivity index (χ0n) is 22.5. The second kappa shape index (κ2) is 9.62. The largest absolute Gasteiger partial charge is 0.507 e. The number of hydrogen-bond acceptors (Lipinski definition) is 7. The number of methoxy groups -OCH3 is 2. The summed E-state index contributed by atoms with van der Waals surface area (Å²) in [6.45, 7) is 1.78. The summed E-state index contributed by atoms with van der Waals surface area (Å²) in [4.78, 5) is 55.7. The summed E-state index contributed by atoms with van der Waals surface area (Å²) in [6.07, 6.45) is 3.75. The molecule has 0 radical (unpaired) electrons. The van der Waals surface area contributed by atoms with E-state index >= 15 is 0 Å². The van der Waals surface area contributed by atoms with Gasteiger partial charge >= 0.3 is 0 Å². The van der Waals surface area contributed by atoms with Gasteiger partial charge in [0.15, 0.2) is 11.6 Å². The normalized spacial score (nSPS) is 25.7. The van der Waals surface area contributed by atoms with E-state index in [9.17, 15) is 24.3 Å². The average Bonchev–Trinajstić information content (AvgIpc) is 3.20. The summed E-state index contributed by atoms with van der Waals surface area (Å²) >= 11 is 0. The van der Waals surface area contributed by atoms with Crippen LogP contribution < -0.4 is 9.47 Å². The molecule has 1 N–H and O–H groups in total. The molecule has 2 amide bonds. The van der Waals surface area contributed by atoms with E-state index in [-0.39, 0.29) is 47.7 Å². The van der Waals surface area contributed by atoms with Crippen LogP contribution in [-0.4, -0.2) is 47.6 Å². The highest BCUT2D eigenvalue weighted by molar-refractivity contribution is 6.23. The van der Waals surface area contributed by atoms with Crippen LogP contribution in [-0.2, 0) is 25.7 Å². The number of imide groups is 1. The van der Waals surface area contributed by atoms with Gasteiger partial charge in [0.2, 0.25) is 11.8 Å². The zero-order chi connectivity index (χ0) is 28.3. The maximum absolute atomic E-state index is 13.9. The van der Waals surface area contributed by atoms with Crippen molar-refractivity contribution >= 4 is 23.4 Å². The average molecular weight is 540 g/mol. The maximum atomic E-state index is 13.9. The second-order valence-electron chi connectivity index (χ2n) is 10.7. The van der Waals surface area contributed by atoms with Crippen LogP contribution in [0.15, 0.2) is 76.9 Å². The van der Waals surface area contributed by atoms with Gasteiger partial charge in [0.05, 0.1) is 32.6 Å². The predicted octanol–water partition coefficient (Wildman–Crippen LogP) is 4.04. The standard InChI is InChI=1S/C32H29NO7/c1-16-11-23(34)27-22(30(16)36)14-21-19(28(27)29-24(35)12-18(39-2)13-25(29)40-3)9-10-20-26(21)32(38)33(31(20)37)15-17-7-5-4-6-8-17/h4-9,11-13,20-21,26,28,35H,10,14-15H2,1-3H3. The van der Waals surface area contributed by atoms with Crippen molar-refractivity contribution in [3.8, 4) is 17.2 Å². The van der Waals surface area contributed by atoms with E-state index in [1.165, 1.54) is 31.3 Å². The molecule has 1 saturated heterocycles. The Kier molecular flexibility index (Phi) is 6.21. The molecule has 2 aromatic carbocycles. The molecule has 0 spiro atoms. The Morgan fingerprint density at radius 2 is 1.73 bits per heavy atom. The first-order valence-electron chi connectivity index (χ1n) is 13.3. The van der Waals surface area contributed by atoms with Crippen molar-refractivity contribution in [3.05, 3.63) is 88.0 Å². The van der Waals surface area contributed by atoms with E-state index in [1.54, 1.807) is 13.0 Å². The molecule has 8 nitrogen and oxygen atoms in total. The molecule has 4 unspecified atom stereocenters. The molecule has 4 atom stereocenters. The number of allylic oxidation sites excluding steroid dienone is 6. The minimum absolute atomic E-state index is 0.150. The van der Waals surface area contributed by atoms with Crippen molar-refractivity contribution in [1.29, 1.82) is 0 Å². The molecular formula is C32H29NO7. The van der Waals surface area contributed by atoms with Gasteiger partial charge in [-0.05, 0) is 37.3 Å². The number of Topliss-reactive ketones (excluding diaryl/α,β-unsaturated/α-hetero) is 1. The van der Waals surface area contributed by atoms with Crippen molar-refractivity contribution < 1.29 is 33.8 Å². The summed E-state index contributed by atoms with van der Waals surface area (Å²) in [5.41, 5.74) is 2.87. The summed E-state index contributed by atoms with van der Waals surface area (Å²) < 4.78 is 10.9. The van der Waals surface area contributed by atoms with Gasteiger partial charge < -0.3 is 14.6 Å². The molecular weight excluding hydrogens is 510 g/mol. The van der Waals surface area contributed by atoms with E-state index in [4.69, 9.17) is 9.47 Å². The van der Waals surface area contributed by atoms with Gasteiger partial charge in [0.25, 0.3) is 0 Å². The molecule has 0 saturated carbocycles. The predicted molar refractivity (Wildman–Crippen MR) is 145 cm³/mol. The van der Waals surface area contributed by atoms with Crippen molar-refractivity contribution in [1.82, 2.24) is 4.90 Å². The topological polar surface area (TPSA) is 110 Å². The van der Waals surface area contributed by atoms with Gasteiger partial charge in [-0.25, -0.2) is 0 Å². The lowest BCUT2D eigenvalue weighted by Gasteiger charge is -2.42. The fourth-order valence-electron chi connectivity index (χ4n) is 6.86. The van der Waals surface area contributed by atoms with Gasteiger partial charge in [-0.15, -0.1) is 0 Å². The molecule has 6 rings (SSSR count). The fraction of sp³-hybridized carbons (Fsp3) is 0.312. The molecule has 4 aliphatic rings. The Labute approximate surface area is 231 Å². The van der Waals surface area contributed by atoms with Crippen molar-refractivity contribution in [2.75, 3.05) is 14.2 Å². The van der Waals surface area contributed by atoms with E-state index in [1.807, 2.05) is 36.4 Å². The monoisotopic (exact) mass is 539 g/mol. The van der Waals surface area contributed by atoms with Crippen molar-refractivity contribution in [3.63, 3.8) is 0 Å². The van der Waals surface area contributed by atoms with Crippen LogP contribution in [0.2, 0.25) is 0 Å². The number of phenolic OH excluding ortho intramolecular Hbond substituents is 1. The Morgan fingerprint density at radius 3 is 2.42 bits per heavy atom. The number of rotatable bonds is 5. The van der Waals surface area contributed by atoms with E-state index in [0.717, 1.165) is 11.1 Å². The summed E-state index contributed by atoms with van der Waals surface area (Å²) in [6, 6.07) is 12.4. The number of nitrogens with zero attached hydrogens (tertiary/aromatic N) is 1. The number of phenols is 1. The molecule has 40 heavy (non-hydrogen) atoms. The highest BCUT2D eigenvalue weighted by atomic mass is 16.5. The molecule has 1 fully saturated rings. The number of benzene rings is 2. The van der Waals surface area contributed by atoms with Gasteiger partial charge in [0.1, 0.15) is 17.2 Å². The van der Waals surface area contributed by atoms with E-state index in [2.05, 4.69) is 0 Å². The number of likely N-dealkylation sites (tertiary alicyclic amines) is 1. The third kappa shape index (κ3) is 3.81. The van der Waals surface area contributed by atoms with Crippen LogP contribution >= 0.6 is 0 Å². The van der Waals surface area contributed by atoms with Crippen LogP contribution in [0.4, 0.5) is 0 Å². The number of ketones is 2. The quantitative estimate of drug-likeness (QED) is 0.347. The highest BCUT2D eigenvalue weighted by Crippen LogP contribution is 2.57. The van der Waals surface area contributed by atoms with Crippen LogP contribution in [0, 0.1) is 17.8 Å². The Balaban J connectivity index is 1.49. The molecule has 1 heterocycles. The van der Waals surface area contributed by atoms with Gasteiger partial charge in [-0.1, -0.05) is 42.0 Å². The fourth-order valence-corrected chi connectivity index (χ4v) is 6.86. The van der Waals surface area contributed by atoms with E-state index < -0.39 is 23.7 Å². The lowest BCUT2D eigenvalue weighted by Crippen LogP contribution is -2.39. The minimum atomic E-state index is -0.817. The first kappa shape index (κ1) is 25.8. The van der Waals surface area contributed by atoms with Crippen LogP contribution in [0.5, 0.6) is 17.2 Å². The van der Waals surface area contributed by atoms with Crippen LogP contribution in [0.1, 0.15) is 36.8 Å². The summed E-state index contributed by atoms with van der Waals surface area (Å²) in [7, 11) is 2.92. The number of ether oxygens (including phenoxy) is 2. The summed E-state index contributed by atoms with van der Waals surface area (Å²) in [5.74, 6) is -3.09. The lowest BCUT2D eigenvalue weighted by atomic mass is 9.59. The third-order valence-corrected chi connectivity index (χ3v) is 8.68. The Bertz CT molecular complexity index is 1560. The third-order valence-electron chi connectivity index (χ3n) is 8.68. The number of fused-ring (bicyclic) bond motifs is 3. The number of amides is 2. The van der Waals surface area contributed by atoms with Crippen LogP contribution in [0.3, 0.4) is 0 Å². The molecule has 8 heteroatoms. The number of carbonyl (C=O) groups is 4. The number of hydrogen-bond donors (Lipinski definition) is 1. The second-order valence-corrected chi connectivity index (χ2v) is 10.7. The zero-order valence-corrected chi connectivity index (χ0v) is 22.5. The van der Waals surface area contributed by atoms with Gasteiger partial charge in [-0.2, -0.15) is 0 Å².